The lowest BCUT2D eigenvalue weighted by Gasteiger charge is -2.38. The minimum absolute atomic E-state index is 0.174. The molecule has 0 unspecified atom stereocenters. The fraction of sp³-hybridized carbons (Fsp3) is 0.350. The summed E-state index contributed by atoms with van der Waals surface area (Å²) >= 11 is 6.02. The van der Waals surface area contributed by atoms with Crippen molar-refractivity contribution in [2.75, 3.05) is 26.9 Å². The predicted octanol–water partition coefficient (Wildman–Crippen LogP) is 3.78. The second-order valence-corrected chi connectivity index (χ2v) is 6.46. The van der Waals surface area contributed by atoms with Crippen molar-refractivity contribution >= 4 is 17.5 Å². The maximum Gasteiger partial charge on any atom is 0.255 e. The Hall–Kier alpha value is -2.04. The highest BCUT2D eigenvalue weighted by molar-refractivity contribution is 6.30. The van der Waals surface area contributed by atoms with Crippen molar-refractivity contribution in [3.05, 3.63) is 71.5 Å². The highest BCUT2D eigenvalue weighted by atomic mass is 35.5. The Morgan fingerprint density at radius 3 is 2.56 bits per heavy atom. The number of halogens is 1. The zero-order valence-corrected chi connectivity index (χ0v) is 15.3. The maximum atomic E-state index is 12.6. The van der Waals surface area contributed by atoms with Crippen LogP contribution in [0.3, 0.4) is 0 Å². The summed E-state index contributed by atoms with van der Waals surface area (Å²) < 4.78 is 10.6. The average molecular weight is 362 g/mol. The van der Waals surface area contributed by atoms with Gasteiger partial charge in [0.25, 0.3) is 5.91 Å². The SMILES string of the molecule is C=C/C=C(\C(=C)OC)C(=O)NCC1(c2ccc(Cl)cc2)CCOCC1. The molecule has 1 heterocycles. The second-order valence-electron chi connectivity index (χ2n) is 6.03. The van der Waals surface area contributed by atoms with Gasteiger partial charge in [0.2, 0.25) is 0 Å². The van der Waals surface area contributed by atoms with Crippen molar-refractivity contribution in [2.45, 2.75) is 18.3 Å². The zero-order valence-electron chi connectivity index (χ0n) is 14.5. The Balaban J connectivity index is 2.19. The highest BCUT2D eigenvalue weighted by Crippen LogP contribution is 2.35. The van der Waals surface area contributed by atoms with Gasteiger partial charge in [-0.1, -0.05) is 43.0 Å². The number of amides is 1. The van der Waals surface area contributed by atoms with E-state index in [-0.39, 0.29) is 11.3 Å². The van der Waals surface area contributed by atoms with Gasteiger partial charge in [-0.25, -0.2) is 0 Å². The van der Waals surface area contributed by atoms with Gasteiger partial charge in [0.1, 0.15) is 5.76 Å². The van der Waals surface area contributed by atoms with Crippen molar-refractivity contribution in [1.29, 1.82) is 0 Å². The van der Waals surface area contributed by atoms with Crippen molar-refractivity contribution in [3.63, 3.8) is 0 Å². The lowest BCUT2D eigenvalue weighted by molar-refractivity contribution is -0.118. The summed E-state index contributed by atoms with van der Waals surface area (Å²) in [5, 5.41) is 3.72. The van der Waals surface area contributed by atoms with E-state index in [1.807, 2.05) is 24.3 Å². The molecule has 0 radical (unpaired) electrons. The monoisotopic (exact) mass is 361 g/mol. The first-order valence-electron chi connectivity index (χ1n) is 8.20. The molecule has 0 aliphatic carbocycles. The molecule has 0 bridgehead atoms. The molecule has 1 N–H and O–H groups in total. The molecule has 1 aromatic carbocycles. The molecule has 134 valence electrons. The molecule has 5 heteroatoms. The van der Waals surface area contributed by atoms with Crippen LogP contribution in [-0.4, -0.2) is 32.8 Å². The average Bonchev–Trinajstić information content (AvgIpc) is 2.65. The number of allylic oxidation sites excluding steroid dienone is 2. The molecule has 1 fully saturated rings. The van der Waals surface area contributed by atoms with E-state index in [1.165, 1.54) is 7.11 Å². The van der Waals surface area contributed by atoms with Crippen molar-refractivity contribution in [1.82, 2.24) is 5.32 Å². The van der Waals surface area contributed by atoms with E-state index in [1.54, 1.807) is 12.2 Å². The molecule has 1 saturated heterocycles. The maximum absolute atomic E-state index is 12.6. The lowest BCUT2D eigenvalue weighted by Crippen LogP contribution is -2.45. The van der Waals surface area contributed by atoms with Gasteiger partial charge in [0.15, 0.2) is 0 Å². The Morgan fingerprint density at radius 2 is 2.00 bits per heavy atom. The molecule has 0 saturated carbocycles. The molecule has 1 amide bonds. The van der Waals surface area contributed by atoms with Crippen LogP contribution in [0.4, 0.5) is 0 Å². The first-order valence-corrected chi connectivity index (χ1v) is 8.58. The van der Waals surface area contributed by atoms with Gasteiger partial charge in [0.05, 0.1) is 12.7 Å². The minimum Gasteiger partial charge on any atom is -0.497 e. The van der Waals surface area contributed by atoms with Crippen LogP contribution in [0.25, 0.3) is 0 Å². The summed E-state index contributed by atoms with van der Waals surface area (Å²) in [7, 11) is 1.49. The second kappa shape index (κ2) is 8.88. The number of carbonyl (C=O) groups excluding carboxylic acids is 1. The Bertz CT molecular complexity index is 658. The van der Waals surface area contributed by atoms with E-state index >= 15 is 0 Å². The third-order valence-corrected chi connectivity index (χ3v) is 4.82. The van der Waals surface area contributed by atoms with E-state index in [0.717, 1.165) is 18.4 Å². The number of hydrogen-bond acceptors (Lipinski definition) is 3. The van der Waals surface area contributed by atoms with Crippen LogP contribution in [-0.2, 0) is 19.7 Å². The molecule has 4 nitrogen and oxygen atoms in total. The quantitative estimate of drug-likeness (QED) is 0.457. The Morgan fingerprint density at radius 1 is 1.36 bits per heavy atom. The Labute approximate surface area is 154 Å². The standard InChI is InChI=1S/C20H24ClNO3/c1-4-5-18(15(2)24-3)19(23)22-14-20(10-12-25-13-11-20)16-6-8-17(21)9-7-16/h4-9H,1-2,10-14H2,3H3,(H,22,23)/b18-5+. The van der Waals surface area contributed by atoms with Crippen molar-refractivity contribution < 1.29 is 14.3 Å². The fourth-order valence-electron chi connectivity index (χ4n) is 3.00. The number of benzene rings is 1. The van der Waals surface area contributed by atoms with E-state index in [9.17, 15) is 4.79 Å². The van der Waals surface area contributed by atoms with Crippen LogP contribution in [0.2, 0.25) is 5.02 Å². The van der Waals surface area contributed by atoms with Crippen LogP contribution < -0.4 is 5.32 Å². The number of methoxy groups -OCH3 is 1. The topological polar surface area (TPSA) is 47.6 Å². The number of ether oxygens (including phenoxy) is 2. The summed E-state index contributed by atoms with van der Waals surface area (Å²) in [6, 6.07) is 7.81. The molecular formula is C20H24ClNO3. The molecule has 1 aliphatic heterocycles. The number of rotatable bonds is 7. The molecule has 2 rings (SSSR count). The first-order chi connectivity index (χ1) is 12.0. The zero-order chi connectivity index (χ0) is 18.3. The molecule has 1 aliphatic rings. The third kappa shape index (κ3) is 4.74. The normalized spacial score (nSPS) is 16.8. The van der Waals surface area contributed by atoms with Gasteiger partial charge >= 0.3 is 0 Å². The number of carbonyl (C=O) groups is 1. The summed E-state index contributed by atoms with van der Waals surface area (Å²) in [6.07, 6.45) is 4.81. The smallest absolute Gasteiger partial charge is 0.255 e. The molecule has 0 aromatic heterocycles. The number of hydrogen-bond donors (Lipinski definition) is 1. The van der Waals surface area contributed by atoms with Crippen LogP contribution in [0, 0.1) is 0 Å². The molecular weight excluding hydrogens is 338 g/mol. The van der Waals surface area contributed by atoms with Gasteiger partial charge in [-0.2, -0.15) is 0 Å². The van der Waals surface area contributed by atoms with E-state index in [4.69, 9.17) is 21.1 Å². The van der Waals surface area contributed by atoms with Crippen LogP contribution in [0.1, 0.15) is 18.4 Å². The minimum atomic E-state index is -0.230. The Kier molecular flexibility index (Phi) is 6.85. The summed E-state index contributed by atoms with van der Waals surface area (Å²) in [6.45, 7) is 9.23. The summed E-state index contributed by atoms with van der Waals surface area (Å²) in [4.78, 5) is 12.6. The van der Waals surface area contributed by atoms with E-state index in [2.05, 4.69) is 18.5 Å². The largest absolute Gasteiger partial charge is 0.497 e. The molecule has 0 spiro atoms. The van der Waals surface area contributed by atoms with Gasteiger partial charge in [-0.15, -0.1) is 0 Å². The van der Waals surface area contributed by atoms with Crippen LogP contribution in [0.5, 0.6) is 0 Å². The van der Waals surface area contributed by atoms with E-state index in [0.29, 0.717) is 36.1 Å². The molecule has 0 atom stereocenters. The summed E-state index contributed by atoms with van der Waals surface area (Å²) in [5.74, 6) is 0.0801. The first kappa shape index (κ1) is 19.3. The van der Waals surface area contributed by atoms with Gasteiger partial charge in [-0.3, -0.25) is 4.79 Å². The predicted molar refractivity (Wildman–Crippen MR) is 101 cm³/mol. The van der Waals surface area contributed by atoms with Gasteiger partial charge in [-0.05, 0) is 36.6 Å². The molecule has 1 aromatic rings. The van der Waals surface area contributed by atoms with E-state index < -0.39 is 0 Å². The summed E-state index contributed by atoms with van der Waals surface area (Å²) in [5.41, 5.74) is 1.35. The highest BCUT2D eigenvalue weighted by Gasteiger charge is 2.35. The van der Waals surface area contributed by atoms with Crippen LogP contribution in [0.15, 0.2) is 60.9 Å². The van der Waals surface area contributed by atoms with Crippen LogP contribution >= 0.6 is 11.6 Å². The fourth-order valence-corrected chi connectivity index (χ4v) is 3.13. The van der Waals surface area contributed by atoms with Crippen molar-refractivity contribution in [3.8, 4) is 0 Å². The van der Waals surface area contributed by atoms with Gasteiger partial charge in [0, 0.05) is 30.2 Å². The third-order valence-electron chi connectivity index (χ3n) is 4.57. The van der Waals surface area contributed by atoms with Gasteiger partial charge < -0.3 is 14.8 Å². The molecule has 25 heavy (non-hydrogen) atoms. The lowest BCUT2D eigenvalue weighted by atomic mass is 9.74. The van der Waals surface area contributed by atoms with Crippen molar-refractivity contribution in [2.24, 2.45) is 0 Å². The number of nitrogens with one attached hydrogen (secondary N) is 1.